The lowest BCUT2D eigenvalue weighted by atomic mass is 9.88. The third-order valence-corrected chi connectivity index (χ3v) is 6.40. The molecule has 1 saturated heterocycles. The smallest absolute Gasteiger partial charge is 0.326 e. The zero-order valence-corrected chi connectivity index (χ0v) is 15.7. The fourth-order valence-corrected chi connectivity index (χ4v) is 4.86. The van der Waals surface area contributed by atoms with Crippen LogP contribution in [-0.4, -0.2) is 38.4 Å². The van der Waals surface area contributed by atoms with Gasteiger partial charge in [0.1, 0.15) is 12.3 Å². The van der Waals surface area contributed by atoms with E-state index < -0.39 is 22.0 Å². The number of benzene rings is 2. The number of anilines is 1. The minimum Gasteiger partial charge on any atom is -0.506 e. The zero-order valence-electron chi connectivity index (χ0n) is 14.9. The molecule has 2 aromatic rings. The van der Waals surface area contributed by atoms with Crippen molar-refractivity contribution in [1.29, 1.82) is 0 Å². The summed E-state index contributed by atoms with van der Waals surface area (Å²) in [4.78, 5) is 24.0. The van der Waals surface area contributed by atoms with Gasteiger partial charge in [0.05, 0.1) is 11.6 Å². The number of amides is 2. The van der Waals surface area contributed by atoms with Crippen LogP contribution in [0.3, 0.4) is 0 Å². The van der Waals surface area contributed by atoms with Gasteiger partial charge >= 0.3 is 10.2 Å². The number of nitrogens with one attached hydrogen (secondary N) is 2. The molecule has 146 valence electrons. The minimum absolute atomic E-state index is 0.0211. The number of hydrogen-bond acceptors (Lipinski definition) is 5. The van der Waals surface area contributed by atoms with E-state index in [1.807, 2.05) is 29.0 Å². The van der Waals surface area contributed by atoms with Crippen LogP contribution in [0.2, 0.25) is 0 Å². The van der Waals surface area contributed by atoms with Crippen molar-refractivity contribution < 1.29 is 23.1 Å². The van der Waals surface area contributed by atoms with Crippen molar-refractivity contribution in [3.05, 3.63) is 59.2 Å². The van der Waals surface area contributed by atoms with Crippen molar-refractivity contribution in [3.63, 3.8) is 0 Å². The molecule has 0 unspecified atom stereocenters. The van der Waals surface area contributed by atoms with Crippen LogP contribution in [0.4, 0.5) is 5.69 Å². The number of carbonyl (C=O) groups excluding carboxylic acids is 2. The van der Waals surface area contributed by atoms with E-state index in [0.717, 1.165) is 21.9 Å². The number of phenols is 1. The molecule has 1 atom stereocenters. The molecule has 8 nitrogen and oxygen atoms in total. The number of phenolic OH excluding ortho intramolecular Hbond substituents is 1. The monoisotopic (exact) mass is 401 g/mol. The molecule has 0 aromatic heterocycles. The summed E-state index contributed by atoms with van der Waals surface area (Å²) in [5.74, 6) is -1.40. The number of aromatic hydroxyl groups is 1. The van der Waals surface area contributed by atoms with Crippen molar-refractivity contribution in [2.24, 2.45) is 0 Å². The van der Waals surface area contributed by atoms with E-state index in [1.54, 1.807) is 6.07 Å². The Balaban J connectivity index is 1.64. The number of rotatable bonds is 3. The first-order valence-corrected chi connectivity index (χ1v) is 10.3. The first-order valence-electron chi connectivity index (χ1n) is 8.86. The second kappa shape index (κ2) is 6.83. The van der Waals surface area contributed by atoms with E-state index in [-0.39, 0.29) is 23.9 Å². The van der Waals surface area contributed by atoms with Crippen LogP contribution in [-0.2, 0) is 32.6 Å². The summed E-state index contributed by atoms with van der Waals surface area (Å²) in [5, 5.41) is 13.3. The SMILES string of the molecule is O=C1CN(c2ccc(C[C@H]3C(=O)NCCc4ccccc43)cc2O)S(=O)(=O)N1. The normalized spacial score (nSPS) is 20.9. The van der Waals surface area contributed by atoms with Crippen molar-refractivity contribution in [1.82, 2.24) is 10.0 Å². The molecule has 2 aliphatic rings. The van der Waals surface area contributed by atoms with Crippen LogP contribution in [0.1, 0.15) is 22.6 Å². The molecule has 4 rings (SSSR count). The summed E-state index contributed by atoms with van der Waals surface area (Å²) in [7, 11) is -4.00. The average molecular weight is 401 g/mol. The third-order valence-electron chi connectivity index (χ3n) is 5.01. The average Bonchev–Trinajstić information content (AvgIpc) is 2.82. The van der Waals surface area contributed by atoms with Gasteiger partial charge in [-0.2, -0.15) is 8.42 Å². The molecule has 1 fully saturated rings. The molecule has 0 radical (unpaired) electrons. The number of nitrogens with zero attached hydrogens (tertiary/aromatic N) is 1. The molecule has 0 spiro atoms. The van der Waals surface area contributed by atoms with Gasteiger partial charge in [-0.15, -0.1) is 0 Å². The molecule has 0 aliphatic carbocycles. The topological polar surface area (TPSA) is 116 Å². The quantitative estimate of drug-likeness (QED) is 0.696. The van der Waals surface area contributed by atoms with Gasteiger partial charge in [0, 0.05) is 6.54 Å². The number of carbonyl (C=O) groups is 2. The highest BCUT2D eigenvalue weighted by molar-refractivity contribution is 7.92. The number of fused-ring (bicyclic) bond motifs is 1. The Hall–Kier alpha value is -3.07. The van der Waals surface area contributed by atoms with Crippen molar-refractivity contribution in [2.45, 2.75) is 18.8 Å². The first-order chi connectivity index (χ1) is 13.3. The molecule has 9 heteroatoms. The molecular formula is C19H19N3O5S. The van der Waals surface area contributed by atoms with Crippen LogP contribution < -0.4 is 14.3 Å². The summed E-state index contributed by atoms with van der Waals surface area (Å²) >= 11 is 0. The van der Waals surface area contributed by atoms with Crippen molar-refractivity contribution in [2.75, 3.05) is 17.4 Å². The predicted octanol–water partition coefficient (Wildman–Crippen LogP) is 0.572. The lowest BCUT2D eigenvalue weighted by molar-refractivity contribution is -0.122. The Morgan fingerprint density at radius 2 is 1.93 bits per heavy atom. The fraction of sp³-hybridized carbons (Fsp3) is 0.263. The van der Waals surface area contributed by atoms with Gasteiger partial charge in [-0.25, -0.2) is 9.03 Å². The predicted molar refractivity (Wildman–Crippen MR) is 102 cm³/mol. The zero-order chi connectivity index (χ0) is 19.9. The van der Waals surface area contributed by atoms with Gasteiger partial charge in [0.15, 0.2) is 0 Å². The summed E-state index contributed by atoms with van der Waals surface area (Å²) < 4.78 is 26.6. The van der Waals surface area contributed by atoms with Crippen LogP contribution >= 0.6 is 0 Å². The largest absolute Gasteiger partial charge is 0.506 e. The van der Waals surface area contributed by atoms with E-state index in [9.17, 15) is 23.1 Å². The highest BCUT2D eigenvalue weighted by Gasteiger charge is 2.35. The summed E-state index contributed by atoms with van der Waals surface area (Å²) in [6, 6.07) is 12.3. The molecule has 2 amide bonds. The number of hydrogen-bond donors (Lipinski definition) is 3. The Morgan fingerprint density at radius 1 is 1.14 bits per heavy atom. The Bertz CT molecular complexity index is 1070. The Labute approximate surface area is 162 Å². The van der Waals surface area contributed by atoms with Gasteiger partial charge < -0.3 is 10.4 Å². The maximum atomic E-state index is 12.6. The van der Waals surface area contributed by atoms with E-state index >= 15 is 0 Å². The lowest BCUT2D eigenvalue weighted by Gasteiger charge is -2.19. The van der Waals surface area contributed by atoms with Gasteiger partial charge in [-0.3, -0.25) is 9.59 Å². The molecule has 2 aliphatic heterocycles. The van der Waals surface area contributed by atoms with Crippen molar-refractivity contribution in [3.8, 4) is 5.75 Å². The lowest BCUT2D eigenvalue weighted by Crippen LogP contribution is -2.30. The second-order valence-electron chi connectivity index (χ2n) is 6.86. The Morgan fingerprint density at radius 3 is 2.64 bits per heavy atom. The summed E-state index contributed by atoms with van der Waals surface area (Å²) in [6.45, 7) is 0.192. The summed E-state index contributed by atoms with van der Waals surface area (Å²) in [6.07, 6.45) is 1.12. The first kappa shape index (κ1) is 18.3. The molecule has 2 aromatic carbocycles. The van der Waals surface area contributed by atoms with Crippen LogP contribution in [0, 0.1) is 0 Å². The highest BCUT2D eigenvalue weighted by Crippen LogP contribution is 2.34. The molecular weight excluding hydrogens is 382 g/mol. The molecule has 3 N–H and O–H groups in total. The molecule has 28 heavy (non-hydrogen) atoms. The standard InChI is InChI=1S/C19H19N3O5S/c23-17-10-12(5-6-16(17)22-11-18(24)21-28(22,26)27)9-15-14-4-2-1-3-13(14)7-8-20-19(15)25/h1-6,10,15,23H,7-9,11H2,(H,20,25)(H,21,24)/t15-/m1/s1. The van der Waals surface area contributed by atoms with E-state index in [2.05, 4.69) is 5.32 Å². The van der Waals surface area contributed by atoms with Gasteiger partial charge in [0.2, 0.25) is 5.91 Å². The van der Waals surface area contributed by atoms with Crippen LogP contribution in [0.5, 0.6) is 5.75 Å². The van der Waals surface area contributed by atoms with Crippen LogP contribution in [0.15, 0.2) is 42.5 Å². The summed E-state index contributed by atoms with van der Waals surface area (Å²) in [5.41, 5.74) is 2.78. The molecule has 0 saturated carbocycles. The third kappa shape index (κ3) is 3.29. The minimum atomic E-state index is -4.00. The van der Waals surface area contributed by atoms with Gasteiger partial charge in [-0.1, -0.05) is 30.3 Å². The molecule has 2 heterocycles. The molecule has 0 bridgehead atoms. The van der Waals surface area contributed by atoms with Gasteiger partial charge in [-0.05, 0) is 41.7 Å². The fourth-order valence-electron chi connectivity index (χ4n) is 3.69. The maximum Gasteiger partial charge on any atom is 0.326 e. The maximum absolute atomic E-state index is 12.6. The van der Waals surface area contributed by atoms with E-state index in [1.165, 1.54) is 12.1 Å². The van der Waals surface area contributed by atoms with Crippen molar-refractivity contribution >= 4 is 27.7 Å². The Kier molecular flexibility index (Phi) is 4.46. The second-order valence-corrected chi connectivity index (χ2v) is 8.45. The van der Waals surface area contributed by atoms with Gasteiger partial charge in [0.25, 0.3) is 5.91 Å². The highest BCUT2D eigenvalue weighted by atomic mass is 32.2. The van der Waals surface area contributed by atoms with E-state index in [4.69, 9.17) is 0 Å². The van der Waals surface area contributed by atoms with E-state index in [0.29, 0.717) is 18.5 Å². The van der Waals surface area contributed by atoms with Crippen LogP contribution in [0.25, 0.3) is 0 Å².